The Morgan fingerprint density at radius 1 is 1.36 bits per heavy atom. The lowest BCUT2D eigenvalue weighted by Gasteiger charge is -2.10. The number of oxime groups is 1. The van der Waals surface area contributed by atoms with Crippen molar-refractivity contribution in [3.63, 3.8) is 0 Å². The van der Waals surface area contributed by atoms with Gasteiger partial charge in [-0.1, -0.05) is 23.4 Å². The lowest BCUT2D eigenvalue weighted by atomic mass is 10.1. The monoisotopic (exact) mass is 190 g/mol. The Hall–Kier alpha value is -1.97. The first-order valence-corrected chi connectivity index (χ1v) is 4.27. The van der Waals surface area contributed by atoms with Crippen molar-refractivity contribution in [2.24, 2.45) is 5.16 Å². The van der Waals surface area contributed by atoms with Gasteiger partial charge in [-0.15, -0.1) is 0 Å². The van der Waals surface area contributed by atoms with Crippen molar-refractivity contribution in [3.8, 4) is 5.75 Å². The Labute approximate surface area is 81.5 Å². The van der Waals surface area contributed by atoms with Crippen molar-refractivity contribution in [2.45, 2.75) is 6.42 Å². The van der Waals surface area contributed by atoms with Crippen LogP contribution in [0.5, 0.6) is 5.75 Å². The molecule has 0 atom stereocenters. The molecule has 1 heterocycles. The first-order valence-electron chi connectivity index (χ1n) is 4.27. The maximum atomic E-state index is 9.51. The molecule has 0 bridgehead atoms. The minimum absolute atomic E-state index is 0.290. The predicted octanol–water partition coefficient (Wildman–Crippen LogP) is 1.34. The second-order valence-corrected chi connectivity index (χ2v) is 2.95. The van der Waals surface area contributed by atoms with Gasteiger partial charge >= 0.3 is 0 Å². The van der Waals surface area contributed by atoms with Gasteiger partial charge in [-0.2, -0.15) is 0 Å². The van der Waals surface area contributed by atoms with E-state index in [0.717, 1.165) is 11.3 Å². The van der Waals surface area contributed by atoms with Gasteiger partial charge in [0.1, 0.15) is 5.75 Å². The Morgan fingerprint density at radius 3 is 2.93 bits per heavy atom. The van der Waals surface area contributed by atoms with Gasteiger partial charge in [-0.25, -0.2) is 5.48 Å². The molecule has 0 radical (unpaired) electrons. The van der Waals surface area contributed by atoms with E-state index in [9.17, 15) is 5.11 Å². The summed E-state index contributed by atoms with van der Waals surface area (Å²) in [7, 11) is 0. The molecule has 0 spiro atoms. The molecule has 0 saturated carbocycles. The third-order valence-electron chi connectivity index (χ3n) is 1.94. The van der Waals surface area contributed by atoms with E-state index in [1.54, 1.807) is 24.4 Å². The summed E-state index contributed by atoms with van der Waals surface area (Å²) in [6.07, 6.45) is 3.96. The molecule has 1 aromatic carbocycles. The minimum atomic E-state index is 0.290. The lowest BCUT2D eigenvalue weighted by Crippen LogP contribution is -2.16. The van der Waals surface area contributed by atoms with Crippen LogP contribution in [0.3, 0.4) is 0 Å². The molecular weight excluding hydrogens is 180 g/mol. The average Bonchev–Trinajstić information content (AvgIpc) is 2.23. The number of phenolic OH excluding ortho intramolecular Hbond substituents is 1. The van der Waals surface area contributed by atoms with E-state index in [-0.39, 0.29) is 5.75 Å². The third-order valence-corrected chi connectivity index (χ3v) is 1.94. The van der Waals surface area contributed by atoms with Crippen LogP contribution >= 0.6 is 0 Å². The van der Waals surface area contributed by atoms with Gasteiger partial charge in [0.2, 0.25) is 0 Å². The predicted molar refractivity (Wildman–Crippen MR) is 52.6 cm³/mol. The van der Waals surface area contributed by atoms with Crippen molar-refractivity contribution >= 4 is 6.21 Å². The van der Waals surface area contributed by atoms with Crippen LogP contribution in [0.2, 0.25) is 0 Å². The zero-order chi connectivity index (χ0) is 9.80. The fourth-order valence-electron chi connectivity index (χ4n) is 1.23. The standard InChI is InChI=1S/C10H10N2O2/c13-10-4-2-1-3-8(10)7-9-5-6-11-14-12-9/h1-6,12-13H,7H2. The number of aromatic hydroxyl groups is 1. The summed E-state index contributed by atoms with van der Waals surface area (Å²) in [5.41, 5.74) is 4.36. The number of para-hydroxylation sites is 1. The third kappa shape index (κ3) is 1.85. The normalized spacial score (nSPS) is 14.1. The Morgan fingerprint density at radius 2 is 2.21 bits per heavy atom. The number of rotatable bonds is 2. The van der Waals surface area contributed by atoms with Crippen LogP contribution in [0.15, 0.2) is 41.2 Å². The molecule has 72 valence electrons. The Kier molecular flexibility index (Phi) is 2.36. The number of nitrogens with zero attached hydrogens (tertiary/aromatic N) is 1. The highest BCUT2D eigenvalue weighted by Gasteiger charge is 2.05. The molecular formula is C10H10N2O2. The molecule has 1 aromatic rings. The van der Waals surface area contributed by atoms with E-state index < -0.39 is 0 Å². The smallest absolute Gasteiger partial charge is 0.119 e. The zero-order valence-corrected chi connectivity index (χ0v) is 7.47. The van der Waals surface area contributed by atoms with Gasteiger partial charge in [0.05, 0.1) is 11.9 Å². The summed E-state index contributed by atoms with van der Waals surface area (Å²) in [6, 6.07) is 7.20. The van der Waals surface area contributed by atoms with Gasteiger partial charge in [0.15, 0.2) is 0 Å². The summed E-state index contributed by atoms with van der Waals surface area (Å²) in [5, 5.41) is 13.0. The van der Waals surface area contributed by atoms with Gasteiger partial charge in [-0.05, 0) is 17.7 Å². The number of hydrogen-bond donors (Lipinski definition) is 2. The highest BCUT2D eigenvalue weighted by molar-refractivity contribution is 5.72. The molecule has 4 nitrogen and oxygen atoms in total. The van der Waals surface area contributed by atoms with Gasteiger partial charge in [0.25, 0.3) is 0 Å². The van der Waals surface area contributed by atoms with Gasteiger partial charge in [0, 0.05) is 6.42 Å². The molecule has 2 N–H and O–H groups in total. The van der Waals surface area contributed by atoms with Crippen molar-refractivity contribution in [1.82, 2.24) is 5.48 Å². The van der Waals surface area contributed by atoms with E-state index in [2.05, 4.69) is 15.6 Å². The van der Waals surface area contributed by atoms with Crippen LogP contribution in [0, 0.1) is 0 Å². The fraction of sp³-hybridized carbons (Fsp3) is 0.100. The number of nitrogens with one attached hydrogen (secondary N) is 1. The molecule has 0 fully saturated rings. The van der Waals surface area contributed by atoms with Crippen LogP contribution in [0.25, 0.3) is 0 Å². The molecule has 0 amide bonds. The molecule has 1 aliphatic rings. The number of hydroxylamine groups is 1. The van der Waals surface area contributed by atoms with Crippen LogP contribution in [-0.2, 0) is 11.4 Å². The van der Waals surface area contributed by atoms with E-state index in [1.165, 1.54) is 0 Å². The van der Waals surface area contributed by atoms with Crippen molar-refractivity contribution in [1.29, 1.82) is 0 Å². The summed E-state index contributed by atoms with van der Waals surface area (Å²) in [4.78, 5) is 4.66. The second kappa shape index (κ2) is 3.83. The highest BCUT2D eigenvalue weighted by Crippen LogP contribution is 2.18. The topological polar surface area (TPSA) is 53.9 Å². The summed E-state index contributed by atoms with van der Waals surface area (Å²) in [5.74, 6) is 0.290. The number of benzene rings is 1. The van der Waals surface area contributed by atoms with E-state index in [1.807, 2.05) is 12.1 Å². The maximum Gasteiger partial charge on any atom is 0.119 e. The van der Waals surface area contributed by atoms with E-state index in [0.29, 0.717) is 6.42 Å². The Balaban J connectivity index is 2.14. The molecule has 0 unspecified atom stereocenters. The van der Waals surface area contributed by atoms with Gasteiger partial charge in [-0.3, -0.25) is 4.94 Å². The number of allylic oxidation sites excluding steroid dienone is 2. The van der Waals surface area contributed by atoms with Crippen LogP contribution in [0.4, 0.5) is 0 Å². The lowest BCUT2D eigenvalue weighted by molar-refractivity contribution is 0.0658. The summed E-state index contributed by atoms with van der Waals surface area (Å²) >= 11 is 0. The largest absolute Gasteiger partial charge is 0.508 e. The van der Waals surface area contributed by atoms with Crippen LogP contribution in [-0.4, -0.2) is 11.3 Å². The summed E-state index contributed by atoms with van der Waals surface area (Å²) < 4.78 is 0. The van der Waals surface area contributed by atoms with E-state index >= 15 is 0 Å². The van der Waals surface area contributed by atoms with Crippen LogP contribution in [0.1, 0.15) is 5.56 Å². The molecule has 4 heteroatoms. The second-order valence-electron chi connectivity index (χ2n) is 2.95. The molecule has 14 heavy (non-hydrogen) atoms. The molecule has 2 rings (SSSR count). The van der Waals surface area contributed by atoms with Crippen molar-refractivity contribution in [2.75, 3.05) is 0 Å². The SMILES string of the molecule is Oc1ccccc1CC1=CC=NON1. The number of hydrogen-bond acceptors (Lipinski definition) is 4. The minimum Gasteiger partial charge on any atom is -0.508 e. The van der Waals surface area contributed by atoms with E-state index in [4.69, 9.17) is 0 Å². The zero-order valence-electron chi connectivity index (χ0n) is 7.47. The van der Waals surface area contributed by atoms with Gasteiger partial charge < -0.3 is 5.11 Å². The van der Waals surface area contributed by atoms with Crippen molar-refractivity contribution in [3.05, 3.63) is 41.6 Å². The highest BCUT2D eigenvalue weighted by atomic mass is 16.8. The average molecular weight is 190 g/mol. The molecule has 0 aliphatic carbocycles. The molecule has 0 aromatic heterocycles. The molecule has 1 aliphatic heterocycles. The van der Waals surface area contributed by atoms with Crippen LogP contribution < -0.4 is 5.48 Å². The van der Waals surface area contributed by atoms with Crippen molar-refractivity contribution < 1.29 is 10.0 Å². The fourth-order valence-corrected chi connectivity index (χ4v) is 1.23. The first kappa shape index (κ1) is 8.62. The summed E-state index contributed by atoms with van der Waals surface area (Å²) in [6.45, 7) is 0. The maximum absolute atomic E-state index is 9.51. The quantitative estimate of drug-likeness (QED) is 0.739. The first-order chi connectivity index (χ1) is 6.86. The Bertz CT molecular complexity index is 385. The number of phenols is 1. The molecule has 0 saturated heterocycles.